The Labute approximate surface area is 91.2 Å². The van der Waals surface area contributed by atoms with Gasteiger partial charge in [-0.05, 0) is 6.07 Å². The lowest BCUT2D eigenvalue weighted by atomic mass is 10.3. The van der Waals surface area contributed by atoms with Crippen LogP contribution in [0, 0.1) is 0 Å². The molecule has 0 aliphatic rings. The van der Waals surface area contributed by atoms with Crippen LogP contribution in [0.1, 0.15) is 17.5 Å². The fourth-order valence-corrected chi connectivity index (χ4v) is 1.66. The first-order valence-corrected chi connectivity index (χ1v) is 6.24. The number of hydrogen-bond acceptors (Lipinski definition) is 6. The van der Waals surface area contributed by atoms with E-state index in [1.165, 1.54) is 19.2 Å². The van der Waals surface area contributed by atoms with Crippen molar-refractivity contribution in [3.63, 3.8) is 0 Å². The van der Waals surface area contributed by atoms with Gasteiger partial charge in [0.05, 0.1) is 5.39 Å². The number of ketones is 1. The van der Waals surface area contributed by atoms with Gasteiger partial charge in [0.2, 0.25) is 20.7 Å². The van der Waals surface area contributed by atoms with Crippen LogP contribution in [0.25, 0.3) is 11.1 Å². The third-order valence-corrected chi connectivity index (χ3v) is 2.79. The lowest BCUT2D eigenvalue weighted by Crippen LogP contribution is -2.02. The quantitative estimate of drug-likeness (QED) is 0.570. The zero-order chi connectivity index (χ0) is 11.9. The minimum Gasteiger partial charge on any atom is -0.434 e. The van der Waals surface area contributed by atoms with Crippen LogP contribution in [0.3, 0.4) is 0 Å². The van der Waals surface area contributed by atoms with Crippen molar-refractivity contribution in [1.29, 1.82) is 0 Å². The average molecular weight is 240 g/mol. The molecule has 0 unspecified atom stereocenters. The monoisotopic (exact) mass is 240 g/mol. The molecule has 2 rings (SSSR count). The zero-order valence-electron chi connectivity index (χ0n) is 8.59. The standard InChI is InChI=1S/C9H8N2O4S/c1-5(12)7-3-6-4-10-9(16(2,13)14)11-8(6)15-7/h3-4H,1-2H3. The Morgan fingerprint density at radius 3 is 2.69 bits per heavy atom. The van der Waals surface area contributed by atoms with Crippen molar-refractivity contribution >= 4 is 26.7 Å². The minimum absolute atomic E-state index is 0.0978. The molecule has 0 N–H and O–H groups in total. The first kappa shape index (κ1) is 10.7. The molecule has 2 aromatic heterocycles. The van der Waals surface area contributed by atoms with Crippen LogP contribution < -0.4 is 0 Å². The molecule has 0 saturated carbocycles. The van der Waals surface area contributed by atoms with E-state index in [-0.39, 0.29) is 22.4 Å². The lowest BCUT2D eigenvalue weighted by molar-refractivity contribution is 0.0989. The molecule has 16 heavy (non-hydrogen) atoms. The van der Waals surface area contributed by atoms with Crippen LogP contribution in [-0.4, -0.2) is 30.4 Å². The summed E-state index contributed by atoms with van der Waals surface area (Å²) in [4.78, 5) is 18.4. The maximum Gasteiger partial charge on any atom is 0.250 e. The third kappa shape index (κ3) is 1.81. The highest BCUT2D eigenvalue weighted by Gasteiger charge is 2.15. The summed E-state index contributed by atoms with van der Waals surface area (Å²) in [5.74, 6) is -0.117. The van der Waals surface area contributed by atoms with Crippen LogP contribution in [0.5, 0.6) is 0 Å². The first-order chi connectivity index (χ1) is 7.38. The third-order valence-electron chi connectivity index (χ3n) is 1.93. The molecule has 7 heteroatoms. The molecule has 0 fully saturated rings. The minimum atomic E-state index is -3.47. The van der Waals surface area contributed by atoms with Gasteiger partial charge in [0.15, 0.2) is 11.5 Å². The highest BCUT2D eigenvalue weighted by atomic mass is 32.2. The molecule has 0 saturated heterocycles. The van der Waals surface area contributed by atoms with Gasteiger partial charge in [-0.3, -0.25) is 4.79 Å². The van der Waals surface area contributed by atoms with Gasteiger partial charge >= 0.3 is 0 Å². The summed E-state index contributed by atoms with van der Waals surface area (Å²) in [7, 11) is -3.47. The van der Waals surface area contributed by atoms with E-state index in [9.17, 15) is 13.2 Å². The van der Waals surface area contributed by atoms with Crippen LogP contribution in [0.4, 0.5) is 0 Å². The van der Waals surface area contributed by atoms with Gasteiger partial charge in [0.1, 0.15) is 0 Å². The van der Waals surface area contributed by atoms with Gasteiger partial charge in [-0.15, -0.1) is 0 Å². The Kier molecular flexibility index (Phi) is 2.27. The summed E-state index contributed by atoms with van der Waals surface area (Å²) in [6, 6.07) is 1.48. The molecule has 0 aromatic carbocycles. The van der Waals surface area contributed by atoms with E-state index in [0.29, 0.717) is 5.39 Å². The summed E-state index contributed by atoms with van der Waals surface area (Å²) in [6.07, 6.45) is 2.32. The largest absolute Gasteiger partial charge is 0.434 e. The molecule has 0 spiro atoms. The molecule has 0 radical (unpaired) electrons. The average Bonchev–Trinajstić information content (AvgIpc) is 2.58. The molecule has 2 aromatic rings. The fraction of sp³-hybridized carbons (Fsp3) is 0.222. The number of fused-ring (bicyclic) bond motifs is 1. The topological polar surface area (TPSA) is 90.1 Å². The molecule has 0 atom stereocenters. The molecular weight excluding hydrogens is 232 g/mol. The number of hydrogen-bond donors (Lipinski definition) is 0. The fourth-order valence-electron chi connectivity index (χ4n) is 1.17. The maximum absolute atomic E-state index is 11.2. The van der Waals surface area contributed by atoms with Crippen molar-refractivity contribution in [2.24, 2.45) is 0 Å². The number of aromatic nitrogens is 2. The van der Waals surface area contributed by atoms with Crippen molar-refractivity contribution < 1.29 is 17.6 Å². The van der Waals surface area contributed by atoms with Gasteiger partial charge in [-0.25, -0.2) is 13.4 Å². The highest BCUT2D eigenvalue weighted by molar-refractivity contribution is 7.90. The molecule has 84 valence electrons. The Morgan fingerprint density at radius 1 is 1.44 bits per heavy atom. The number of sulfone groups is 1. The van der Waals surface area contributed by atoms with Crippen molar-refractivity contribution in [2.45, 2.75) is 12.1 Å². The van der Waals surface area contributed by atoms with Gasteiger partial charge in [-0.1, -0.05) is 0 Å². The van der Waals surface area contributed by atoms with Crippen LogP contribution in [0.15, 0.2) is 21.8 Å². The lowest BCUT2D eigenvalue weighted by Gasteiger charge is -1.94. The first-order valence-electron chi connectivity index (χ1n) is 4.35. The second-order valence-electron chi connectivity index (χ2n) is 3.35. The number of furan rings is 1. The van der Waals surface area contributed by atoms with E-state index in [1.54, 1.807) is 0 Å². The summed E-state index contributed by atoms with van der Waals surface area (Å²) in [5, 5.41) is 0.182. The SMILES string of the molecule is CC(=O)c1cc2cnc(S(C)(=O)=O)nc2o1. The van der Waals surface area contributed by atoms with Gasteiger partial charge in [0, 0.05) is 19.4 Å². The van der Waals surface area contributed by atoms with Crippen molar-refractivity contribution in [1.82, 2.24) is 9.97 Å². The van der Waals surface area contributed by atoms with E-state index in [4.69, 9.17) is 4.42 Å². The second kappa shape index (κ2) is 3.38. The van der Waals surface area contributed by atoms with E-state index >= 15 is 0 Å². The van der Waals surface area contributed by atoms with Crippen molar-refractivity contribution in [3.8, 4) is 0 Å². The van der Waals surface area contributed by atoms with Crippen LogP contribution in [-0.2, 0) is 9.84 Å². The Balaban J connectivity index is 2.67. The smallest absolute Gasteiger partial charge is 0.250 e. The Morgan fingerprint density at radius 2 is 2.12 bits per heavy atom. The van der Waals surface area contributed by atoms with Crippen molar-refractivity contribution in [3.05, 3.63) is 18.0 Å². The van der Waals surface area contributed by atoms with Crippen LogP contribution in [0.2, 0.25) is 0 Å². The van der Waals surface area contributed by atoms with E-state index in [0.717, 1.165) is 6.26 Å². The van der Waals surface area contributed by atoms with E-state index in [1.807, 2.05) is 0 Å². The Bertz CT molecular complexity index is 672. The zero-order valence-corrected chi connectivity index (χ0v) is 9.41. The Hall–Kier alpha value is -1.76. The molecular formula is C9H8N2O4S. The second-order valence-corrected chi connectivity index (χ2v) is 5.26. The predicted octanol–water partition coefficient (Wildman–Crippen LogP) is 0.829. The molecule has 0 aliphatic heterocycles. The number of rotatable bonds is 2. The van der Waals surface area contributed by atoms with Crippen molar-refractivity contribution in [2.75, 3.05) is 6.26 Å². The number of carbonyl (C=O) groups excluding carboxylic acids is 1. The molecule has 0 amide bonds. The highest BCUT2D eigenvalue weighted by Crippen LogP contribution is 2.18. The maximum atomic E-state index is 11.2. The summed E-state index contributed by atoms with van der Waals surface area (Å²) in [5.41, 5.74) is 0.0978. The summed E-state index contributed by atoms with van der Waals surface area (Å²) < 4.78 is 27.5. The van der Waals surface area contributed by atoms with E-state index < -0.39 is 9.84 Å². The van der Waals surface area contributed by atoms with Gasteiger partial charge in [0.25, 0.3) is 0 Å². The number of nitrogens with zero attached hydrogens (tertiary/aromatic N) is 2. The van der Waals surface area contributed by atoms with Gasteiger partial charge < -0.3 is 4.42 Å². The molecule has 2 heterocycles. The summed E-state index contributed by atoms with van der Waals surface area (Å²) in [6.45, 7) is 1.35. The predicted molar refractivity (Wildman–Crippen MR) is 54.9 cm³/mol. The summed E-state index contributed by atoms with van der Waals surface area (Å²) >= 11 is 0. The number of carbonyl (C=O) groups is 1. The van der Waals surface area contributed by atoms with Crippen LogP contribution >= 0.6 is 0 Å². The molecule has 6 nitrogen and oxygen atoms in total. The molecule has 0 aliphatic carbocycles. The molecule has 0 bridgehead atoms. The number of Topliss-reactive ketones (excluding diaryl/α,β-unsaturated/α-hetero) is 1. The van der Waals surface area contributed by atoms with E-state index in [2.05, 4.69) is 9.97 Å². The van der Waals surface area contributed by atoms with Gasteiger partial charge in [-0.2, -0.15) is 4.98 Å². The normalized spacial score (nSPS) is 11.9.